The molecule has 0 amide bonds. The van der Waals surface area contributed by atoms with E-state index in [-0.39, 0.29) is 5.56 Å². The molecule has 2 heterocycles. The average Bonchev–Trinajstić information content (AvgIpc) is 2.70. The molecule has 5 heteroatoms. The Balaban J connectivity index is 2.27. The van der Waals surface area contributed by atoms with Crippen LogP contribution in [0.2, 0.25) is 0 Å². The third kappa shape index (κ3) is 1.82. The molecule has 0 aliphatic carbocycles. The maximum absolute atomic E-state index is 11.5. The van der Waals surface area contributed by atoms with Gasteiger partial charge in [-0.05, 0) is 12.8 Å². The highest BCUT2D eigenvalue weighted by Gasteiger charge is 2.14. The smallest absolute Gasteiger partial charge is 0.256 e. The number of aromatic amines is 1. The van der Waals surface area contributed by atoms with Gasteiger partial charge in [0.25, 0.3) is 5.56 Å². The van der Waals surface area contributed by atoms with E-state index in [0.717, 1.165) is 13.1 Å². The number of hydrogen-bond donors (Lipinski definition) is 1. The highest BCUT2D eigenvalue weighted by atomic mass is 79.9. The molecule has 0 aromatic carbocycles. The fourth-order valence-electron chi connectivity index (χ4n) is 1.60. The molecule has 0 spiro atoms. The van der Waals surface area contributed by atoms with Crippen molar-refractivity contribution in [2.45, 2.75) is 18.2 Å². The van der Waals surface area contributed by atoms with Crippen molar-refractivity contribution in [1.29, 1.82) is 0 Å². The number of nitrogens with zero attached hydrogens (tertiary/aromatic N) is 2. The molecule has 2 rings (SSSR count). The molecular formula is C9H12BrN3O. The van der Waals surface area contributed by atoms with Crippen LogP contribution < -0.4 is 10.5 Å². The largest absolute Gasteiger partial charge is 0.342 e. The maximum Gasteiger partial charge on any atom is 0.256 e. The van der Waals surface area contributed by atoms with Crippen LogP contribution in [0.15, 0.2) is 11.0 Å². The first-order valence-electron chi connectivity index (χ1n) is 4.70. The number of aromatic nitrogens is 2. The van der Waals surface area contributed by atoms with E-state index in [9.17, 15) is 4.79 Å². The third-order valence-electron chi connectivity index (χ3n) is 2.41. The highest BCUT2D eigenvalue weighted by Crippen LogP contribution is 2.13. The first-order valence-corrected chi connectivity index (χ1v) is 5.82. The second-order valence-electron chi connectivity index (χ2n) is 3.39. The fraction of sp³-hybridized carbons (Fsp3) is 0.556. The second kappa shape index (κ2) is 4.13. The SMILES string of the molecule is O=c1[nH]c(N2CCCC2)ncc1CBr. The molecule has 1 N–H and O–H groups in total. The number of H-pyrrole nitrogens is 1. The molecule has 0 bridgehead atoms. The second-order valence-corrected chi connectivity index (χ2v) is 3.95. The predicted molar refractivity (Wildman–Crippen MR) is 58.9 cm³/mol. The van der Waals surface area contributed by atoms with Crippen LogP contribution in [0.1, 0.15) is 18.4 Å². The van der Waals surface area contributed by atoms with E-state index in [1.807, 2.05) is 0 Å². The molecule has 4 nitrogen and oxygen atoms in total. The van der Waals surface area contributed by atoms with Gasteiger partial charge in [0.2, 0.25) is 5.95 Å². The van der Waals surface area contributed by atoms with Gasteiger partial charge in [0.15, 0.2) is 0 Å². The molecule has 0 atom stereocenters. The van der Waals surface area contributed by atoms with Crippen LogP contribution in [-0.2, 0) is 5.33 Å². The number of rotatable bonds is 2. The van der Waals surface area contributed by atoms with Crippen LogP contribution in [0.5, 0.6) is 0 Å². The third-order valence-corrected chi connectivity index (χ3v) is 3.01. The fourth-order valence-corrected chi connectivity index (χ4v) is 2.00. The summed E-state index contributed by atoms with van der Waals surface area (Å²) in [4.78, 5) is 20.6. The quantitative estimate of drug-likeness (QED) is 0.812. The van der Waals surface area contributed by atoms with Crippen molar-refractivity contribution in [1.82, 2.24) is 9.97 Å². The van der Waals surface area contributed by atoms with E-state index in [1.54, 1.807) is 6.20 Å². The molecule has 1 aromatic heterocycles. The van der Waals surface area contributed by atoms with Gasteiger partial charge in [-0.1, -0.05) is 15.9 Å². The number of nitrogens with one attached hydrogen (secondary N) is 1. The Morgan fingerprint density at radius 1 is 1.50 bits per heavy atom. The summed E-state index contributed by atoms with van der Waals surface area (Å²) in [5, 5.41) is 0.551. The normalized spacial score (nSPS) is 16.2. The molecule has 0 unspecified atom stereocenters. The van der Waals surface area contributed by atoms with Crippen molar-refractivity contribution < 1.29 is 0 Å². The molecule has 0 radical (unpaired) electrons. The first kappa shape index (κ1) is 9.71. The van der Waals surface area contributed by atoms with Crippen molar-refractivity contribution in [3.63, 3.8) is 0 Å². The van der Waals surface area contributed by atoms with Crippen LogP contribution in [0.25, 0.3) is 0 Å². The maximum atomic E-state index is 11.5. The lowest BCUT2D eigenvalue weighted by Gasteiger charge is -2.14. The monoisotopic (exact) mass is 257 g/mol. The van der Waals surface area contributed by atoms with E-state index in [4.69, 9.17) is 0 Å². The summed E-state index contributed by atoms with van der Waals surface area (Å²) in [6.45, 7) is 1.99. The van der Waals surface area contributed by atoms with Gasteiger partial charge in [-0.3, -0.25) is 9.78 Å². The summed E-state index contributed by atoms with van der Waals surface area (Å²) in [7, 11) is 0. The lowest BCUT2D eigenvalue weighted by atomic mass is 10.4. The lowest BCUT2D eigenvalue weighted by Crippen LogP contribution is -2.24. The molecule has 1 aromatic rings. The molecule has 1 aliphatic heterocycles. The van der Waals surface area contributed by atoms with Crippen molar-refractivity contribution >= 4 is 21.9 Å². The molecular weight excluding hydrogens is 246 g/mol. The van der Waals surface area contributed by atoms with Crippen LogP contribution in [-0.4, -0.2) is 23.1 Å². The van der Waals surface area contributed by atoms with Gasteiger partial charge in [0.1, 0.15) is 0 Å². The number of hydrogen-bond acceptors (Lipinski definition) is 3. The molecule has 1 aliphatic rings. The molecule has 1 fully saturated rings. The highest BCUT2D eigenvalue weighted by molar-refractivity contribution is 9.08. The Morgan fingerprint density at radius 3 is 2.79 bits per heavy atom. The van der Waals surface area contributed by atoms with Crippen molar-refractivity contribution in [3.05, 3.63) is 22.1 Å². The Morgan fingerprint density at radius 2 is 2.21 bits per heavy atom. The lowest BCUT2D eigenvalue weighted by molar-refractivity contribution is 0.883. The van der Waals surface area contributed by atoms with E-state index in [2.05, 4.69) is 30.8 Å². The zero-order valence-corrected chi connectivity index (χ0v) is 9.38. The van der Waals surface area contributed by atoms with E-state index in [1.165, 1.54) is 12.8 Å². The number of halogens is 1. The van der Waals surface area contributed by atoms with Crippen LogP contribution in [0.3, 0.4) is 0 Å². The van der Waals surface area contributed by atoms with Gasteiger partial charge >= 0.3 is 0 Å². The van der Waals surface area contributed by atoms with Crippen LogP contribution in [0, 0.1) is 0 Å². The predicted octanol–water partition coefficient (Wildman–Crippen LogP) is 1.26. The summed E-state index contributed by atoms with van der Waals surface area (Å²) < 4.78 is 0. The number of alkyl halides is 1. The summed E-state index contributed by atoms with van der Waals surface area (Å²) in [6.07, 6.45) is 4.01. The molecule has 1 saturated heterocycles. The average molecular weight is 258 g/mol. The van der Waals surface area contributed by atoms with E-state index < -0.39 is 0 Å². The minimum atomic E-state index is -0.0428. The Hall–Kier alpha value is -0.840. The van der Waals surface area contributed by atoms with Gasteiger partial charge < -0.3 is 4.90 Å². The topological polar surface area (TPSA) is 49.0 Å². The summed E-state index contributed by atoms with van der Waals surface area (Å²) in [5.74, 6) is 0.706. The zero-order valence-electron chi connectivity index (χ0n) is 7.79. The van der Waals surface area contributed by atoms with Gasteiger partial charge in [0, 0.05) is 30.2 Å². The summed E-state index contributed by atoms with van der Waals surface area (Å²) >= 11 is 3.24. The number of anilines is 1. The Kier molecular flexibility index (Phi) is 2.86. The van der Waals surface area contributed by atoms with Crippen molar-refractivity contribution in [2.24, 2.45) is 0 Å². The molecule has 0 saturated carbocycles. The van der Waals surface area contributed by atoms with Gasteiger partial charge in [0.05, 0.1) is 0 Å². The minimum Gasteiger partial charge on any atom is -0.342 e. The van der Waals surface area contributed by atoms with E-state index >= 15 is 0 Å². The van der Waals surface area contributed by atoms with Gasteiger partial charge in [-0.25, -0.2) is 4.98 Å². The van der Waals surface area contributed by atoms with E-state index in [0.29, 0.717) is 16.8 Å². The molecule has 14 heavy (non-hydrogen) atoms. The standard InChI is InChI=1S/C9H12BrN3O/c10-5-7-6-11-9(12-8(7)14)13-3-1-2-4-13/h6H,1-5H2,(H,11,12,14). The van der Waals surface area contributed by atoms with Gasteiger partial charge in [-0.15, -0.1) is 0 Å². The van der Waals surface area contributed by atoms with Crippen molar-refractivity contribution in [2.75, 3.05) is 18.0 Å². The van der Waals surface area contributed by atoms with Crippen molar-refractivity contribution in [3.8, 4) is 0 Å². The zero-order chi connectivity index (χ0) is 9.97. The van der Waals surface area contributed by atoms with Gasteiger partial charge in [-0.2, -0.15) is 0 Å². The van der Waals surface area contributed by atoms with Crippen LogP contribution in [0.4, 0.5) is 5.95 Å². The Bertz CT molecular complexity index is 371. The summed E-state index contributed by atoms with van der Waals surface area (Å²) in [5.41, 5.74) is 0.631. The molecule has 76 valence electrons. The minimum absolute atomic E-state index is 0.0428. The summed E-state index contributed by atoms with van der Waals surface area (Å²) in [6, 6.07) is 0. The first-order chi connectivity index (χ1) is 6.81. The Labute approximate surface area is 90.5 Å². The van der Waals surface area contributed by atoms with Crippen LogP contribution >= 0.6 is 15.9 Å².